The first-order valence-corrected chi connectivity index (χ1v) is 8.04. The SMILES string of the molecule is CCOC(=O)C(CC)S(=O)(=O)Cc1ccccc1C#N. The predicted molar refractivity (Wildman–Crippen MR) is 74.5 cm³/mol. The molecule has 0 radical (unpaired) electrons. The molecule has 0 saturated carbocycles. The van der Waals surface area contributed by atoms with Crippen LogP contribution in [0.1, 0.15) is 31.4 Å². The van der Waals surface area contributed by atoms with Crippen molar-refractivity contribution in [3.05, 3.63) is 35.4 Å². The first-order valence-electron chi connectivity index (χ1n) is 6.32. The Kier molecular flexibility index (Phi) is 5.71. The Morgan fingerprint density at radius 1 is 1.35 bits per heavy atom. The molecule has 20 heavy (non-hydrogen) atoms. The van der Waals surface area contributed by atoms with Crippen molar-refractivity contribution in [2.45, 2.75) is 31.3 Å². The molecule has 1 rings (SSSR count). The van der Waals surface area contributed by atoms with Crippen molar-refractivity contribution < 1.29 is 17.9 Å². The van der Waals surface area contributed by atoms with Gasteiger partial charge in [0.15, 0.2) is 15.1 Å². The van der Waals surface area contributed by atoms with Gasteiger partial charge >= 0.3 is 5.97 Å². The zero-order valence-corrected chi connectivity index (χ0v) is 12.3. The van der Waals surface area contributed by atoms with Gasteiger partial charge in [0.2, 0.25) is 0 Å². The molecule has 1 aromatic carbocycles. The number of nitriles is 1. The van der Waals surface area contributed by atoms with Crippen LogP contribution in [0, 0.1) is 11.3 Å². The standard InChI is InChI=1S/C14H17NO4S/c1-3-13(14(16)19-4-2)20(17,18)10-12-8-6-5-7-11(12)9-15/h5-8,13H,3-4,10H2,1-2H3. The predicted octanol–water partition coefficient (Wildman–Crippen LogP) is 1.81. The fraction of sp³-hybridized carbons (Fsp3) is 0.429. The molecule has 0 saturated heterocycles. The van der Waals surface area contributed by atoms with Gasteiger partial charge in [0.1, 0.15) is 0 Å². The second kappa shape index (κ2) is 7.06. The molecule has 108 valence electrons. The van der Waals surface area contributed by atoms with Gasteiger partial charge in [-0.05, 0) is 25.0 Å². The lowest BCUT2D eigenvalue weighted by Gasteiger charge is -2.15. The van der Waals surface area contributed by atoms with Gasteiger partial charge in [0.25, 0.3) is 0 Å². The van der Waals surface area contributed by atoms with E-state index in [0.717, 1.165) is 0 Å². The summed E-state index contributed by atoms with van der Waals surface area (Å²) in [5, 5.41) is 7.78. The second-order valence-electron chi connectivity index (χ2n) is 4.23. The molecular formula is C14H17NO4S. The summed E-state index contributed by atoms with van der Waals surface area (Å²) in [4.78, 5) is 11.7. The summed E-state index contributed by atoms with van der Waals surface area (Å²) in [6.45, 7) is 3.39. The lowest BCUT2D eigenvalue weighted by atomic mass is 10.1. The van der Waals surface area contributed by atoms with Gasteiger partial charge in [0, 0.05) is 0 Å². The van der Waals surface area contributed by atoms with Crippen LogP contribution in [0.3, 0.4) is 0 Å². The Morgan fingerprint density at radius 2 is 2.00 bits per heavy atom. The number of carbonyl (C=O) groups excluding carboxylic acids is 1. The molecule has 0 heterocycles. The van der Waals surface area contributed by atoms with E-state index in [0.29, 0.717) is 11.1 Å². The number of sulfone groups is 1. The molecule has 0 aliphatic heterocycles. The topological polar surface area (TPSA) is 84.2 Å². The van der Waals surface area contributed by atoms with Crippen LogP contribution >= 0.6 is 0 Å². The maximum absolute atomic E-state index is 12.3. The molecule has 0 fully saturated rings. The van der Waals surface area contributed by atoms with Crippen molar-refractivity contribution >= 4 is 15.8 Å². The Morgan fingerprint density at radius 3 is 2.55 bits per heavy atom. The Bertz CT molecular complexity index is 616. The van der Waals surface area contributed by atoms with E-state index in [1.807, 2.05) is 6.07 Å². The maximum Gasteiger partial charge on any atom is 0.324 e. The molecule has 1 atom stereocenters. The van der Waals surface area contributed by atoms with Gasteiger partial charge in [0.05, 0.1) is 24.0 Å². The van der Waals surface area contributed by atoms with Gasteiger partial charge in [-0.2, -0.15) is 5.26 Å². The van der Waals surface area contributed by atoms with E-state index in [1.54, 1.807) is 38.1 Å². The molecule has 0 aliphatic rings. The average Bonchev–Trinajstić information content (AvgIpc) is 2.39. The molecule has 0 amide bonds. The van der Waals surface area contributed by atoms with Gasteiger partial charge in [-0.15, -0.1) is 0 Å². The molecule has 0 aromatic heterocycles. The third-order valence-electron chi connectivity index (χ3n) is 2.85. The zero-order valence-electron chi connectivity index (χ0n) is 11.5. The minimum absolute atomic E-state index is 0.139. The first-order chi connectivity index (χ1) is 9.46. The maximum atomic E-state index is 12.3. The molecule has 6 heteroatoms. The van der Waals surface area contributed by atoms with Crippen molar-refractivity contribution in [3.8, 4) is 6.07 Å². The first kappa shape index (κ1) is 16.2. The van der Waals surface area contributed by atoms with Crippen LogP contribution in [0.4, 0.5) is 0 Å². The molecular weight excluding hydrogens is 278 g/mol. The number of hydrogen-bond acceptors (Lipinski definition) is 5. The quantitative estimate of drug-likeness (QED) is 0.747. The number of carbonyl (C=O) groups is 1. The smallest absolute Gasteiger partial charge is 0.324 e. The average molecular weight is 295 g/mol. The normalized spacial score (nSPS) is 12.4. The highest BCUT2D eigenvalue weighted by atomic mass is 32.2. The van der Waals surface area contributed by atoms with E-state index in [-0.39, 0.29) is 18.8 Å². The Hall–Kier alpha value is -1.87. The number of benzene rings is 1. The summed E-state index contributed by atoms with van der Waals surface area (Å²) in [6, 6.07) is 8.41. The number of esters is 1. The van der Waals surface area contributed by atoms with Crippen molar-refractivity contribution in [2.75, 3.05) is 6.61 Å². The van der Waals surface area contributed by atoms with Crippen LogP contribution in [0.5, 0.6) is 0 Å². The fourth-order valence-electron chi connectivity index (χ4n) is 1.87. The lowest BCUT2D eigenvalue weighted by molar-refractivity contribution is -0.142. The fourth-order valence-corrected chi connectivity index (χ4v) is 3.63. The van der Waals surface area contributed by atoms with Crippen LogP contribution < -0.4 is 0 Å². The summed E-state index contributed by atoms with van der Waals surface area (Å²) < 4.78 is 29.4. The van der Waals surface area contributed by atoms with E-state index >= 15 is 0 Å². The van der Waals surface area contributed by atoms with Crippen LogP contribution in [0.2, 0.25) is 0 Å². The molecule has 0 bridgehead atoms. The van der Waals surface area contributed by atoms with E-state index in [4.69, 9.17) is 10.00 Å². The number of hydrogen-bond donors (Lipinski definition) is 0. The van der Waals surface area contributed by atoms with E-state index in [2.05, 4.69) is 0 Å². The summed E-state index contributed by atoms with van der Waals surface area (Å²) in [7, 11) is -3.71. The van der Waals surface area contributed by atoms with Gasteiger partial charge in [-0.1, -0.05) is 25.1 Å². The molecule has 0 aliphatic carbocycles. The van der Waals surface area contributed by atoms with Crippen LogP contribution in [0.25, 0.3) is 0 Å². The minimum Gasteiger partial charge on any atom is -0.465 e. The van der Waals surface area contributed by atoms with Gasteiger partial charge in [-0.25, -0.2) is 8.42 Å². The third-order valence-corrected chi connectivity index (χ3v) is 4.95. The summed E-state index contributed by atoms with van der Waals surface area (Å²) >= 11 is 0. The van der Waals surface area contributed by atoms with Crippen LogP contribution in [-0.2, 0) is 25.1 Å². The Labute approximate surface area is 119 Å². The van der Waals surface area contributed by atoms with Crippen LogP contribution in [0.15, 0.2) is 24.3 Å². The number of ether oxygens (including phenoxy) is 1. The second-order valence-corrected chi connectivity index (χ2v) is 6.41. The Balaban J connectivity index is 3.05. The van der Waals surface area contributed by atoms with Crippen molar-refractivity contribution in [2.24, 2.45) is 0 Å². The molecule has 1 unspecified atom stereocenters. The largest absolute Gasteiger partial charge is 0.465 e. The lowest BCUT2D eigenvalue weighted by Crippen LogP contribution is -2.32. The zero-order chi connectivity index (χ0) is 15.2. The summed E-state index contributed by atoms with van der Waals surface area (Å²) in [6.07, 6.45) is 0.149. The summed E-state index contributed by atoms with van der Waals surface area (Å²) in [5.74, 6) is -1.07. The minimum atomic E-state index is -3.71. The monoisotopic (exact) mass is 295 g/mol. The van der Waals surface area contributed by atoms with Crippen molar-refractivity contribution in [1.82, 2.24) is 0 Å². The third kappa shape index (κ3) is 3.81. The highest BCUT2D eigenvalue weighted by Gasteiger charge is 2.32. The van der Waals surface area contributed by atoms with Crippen molar-refractivity contribution in [3.63, 3.8) is 0 Å². The highest BCUT2D eigenvalue weighted by molar-refractivity contribution is 7.92. The molecule has 0 spiro atoms. The summed E-state index contributed by atoms with van der Waals surface area (Å²) in [5.41, 5.74) is 0.701. The highest BCUT2D eigenvalue weighted by Crippen LogP contribution is 2.18. The number of nitrogens with zero attached hydrogens (tertiary/aromatic N) is 1. The number of rotatable bonds is 6. The van der Waals surface area contributed by atoms with Crippen molar-refractivity contribution in [1.29, 1.82) is 5.26 Å². The molecule has 5 nitrogen and oxygen atoms in total. The molecule has 1 aromatic rings. The van der Waals surface area contributed by atoms with Gasteiger partial charge < -0.3 is 4.74 Å². The van der Waals surface area contributed by atoms with Crippen LogP contribution in [-0.4, -0.2) is 26.2 Å². The molecule has 0 N–H and O–H groups in total. The van der Waals surface area contributed by atoms with Gasteiger partial charge in [-0.3, -0.25) is 4.79 Å². The van der Waals surface area contributed by atoms with E-state index in [9.17, 15) is 13.2 Å². The van der Waals surface area contributed by atoms with E-state index < -0.39 is 21.1 Å². The van der Waals surface area contributed by atoms with E-state index in [1.165, 1.54) is 0 Å².